The minimum atomic E-state index is -1.38. The Kier molecular flexibility index (Phi) is 13.1. The second-order valence-electron chi connectivity index (χ2n) is 2.24. The summed E-state index contributed by atoms with van der Waals surface area (Å²) in [6.45, 7) is 3.09. The molecule has 8 nitrogen and oxygen atoms in total. The van der Waals surface area contributed by atoms with E-state index in [9.17, 15) is 19.2 Å². The standard InChI is InChI=1S/2C3H4O3.C2H4O2/c2*1-2(4)3(5)6;1-2(3)4/h2*1H3,(H,5,6);1H3,(H,3,4). The molecule has 0 fully saturated rings. The van der Waals surface area contributed by atoms with Gasteiger partial charge < -0.3 is 15.3 Å². The Morgan fingerprint density at radius 3 is 0.688 bits per heavy atom. The molecule has 0 aliphatic carbocycles. The van der Waals surface area contributed by atoms with Gasteiger partial charge in [0.25, 0.3) is 5.97 Å². The molecule has 0 aromatic rings. The van der Waals surface area contributed by atoms with Gasteiger partial charge in [-0.1, -0.05) is 0 Å². The van der Waals surface area contributed by atoms with E-state index >= 15 is 0 Å². The maximum atomic E-state index is 9.54. The van der Waals surface area contributed by atoms with Gasteiger partial charge in [0.2, 0.25) is 11.6 Å². The Hall–Kier alpha value is -2.25. The summed E-state index contributed by atoms with van der Waals surface area (Å²) in [5, 5.41) is 22.7. The van der Waals surface area contributed by atoms with Crippen LogP contribution in [0, 0.1) is 0 Å². The first-order chi connectivity index (χ1) is 7.02. The molecule has 0 aliphatic heterocycles. The van der Waals surface area contributed by atoms with Gasteiger partial charge in [0.15, 0.2) is 0 Å². The van der Waals surface area contributed by atoms with E-state index in [1.54, 1.807) is 0 Å². The average Bonchev–Trinajstić information content (AvgIpc) is 2.03. The van der Waals surface area contributed by atoms with Gasteiger partial charge in [0, 0.05) is 20.8 Å². The zero-order valence-electron chi connectivity index (χ0n) is 8.88. The zero-order valence-corrected chi connectivity index (χ0v) is 8.88. The van der Waals surface area contributed by atoms with Crippen molar-refractivity contribution in [2.75, 3.05) is 0 Å². The number of hydrogen-bond acceptors (Lipinski definition) is 5. The predicted octanol–water partition coefficient (Wildman–Crippen LogP) is -0.589. The van der Waals surface area contributed by atoms with E-state index in [1.165, 1.54) is 0 Å². The zero-order chi connectivity index (χ0) is 13.9. The number of carbonyl (C=O) groups excluding carboxylic acids is 2. The fourth-order valence-electron chi connectivity index (χ4n) is 0. The van der Waals surface area contributed by atoms with Crippen molar-refractivity contribution in [1.29, 1.82) is 0 Å². The Morgan fingerprint density at radius 1 is 0.625 bits per heavy atom. The first-order valence-electron chi connectivity index (χ1n) is 3.69. The van der Waals surface area contributed by atoms with Gasteiger partial charge in [-0.05, 0) is 0 Å². The maximum absolute atomic E-state index is 9.54. The summed E-state index contributed by atoms with van der Waals surface area (Å²) < 4.78 is 0. The summed E-state index contributed by atoms with van der Waals surface area (Å²) in [7, 11) is 0. The molecule has 92 valence electrons. The summed E-state index contributed by atoms with van der Waals surface area (Å²) in [5.74, 6) is -5.24. The van der Waals surface area contributed by atoms with Crippen molar-refractivity contribution >= 4 is 29.5 Å². The fraction of sp³-hybridized carbons (Fsp3) is 0.375. The molecule has 0 amide bonds. The molecule has 0 aromatic carbocycles. The number of rotatable bonds is 2. The highest BCUT2D eigenvalue weighted by molar-refractivity contribution is 6.31. The Morgan fingerprint density at radius 2 is 0.688 bits per heavy atom. The van der Waals surface area contributed by atoms with Gasteiger partial charge in [-0.2, -0.15) is 0 Å². The average molecular weight is 236 g/mol. The van der Waals surface area contributed by atoms with Crippen LogP contribution in [0.15, 0.2) is 0 Å². The monoisotopic (exact) mass is 236 g/mol. The number of ketones is 2. The van der Waals surface area contributed by atoms with E-state index in [0.717, 1.165) is 20.8 Å². The summed E-state index contributed by atoms with van der Waals surface area (Å²) in [5.41, 5.74) is 0. The van der Waals surface area contributed by atoms with Crippen LogP contribution < -0.4 is 0 Å². The van der Waals surface area contributed by atoms with Crippen LogP contribution in [-0.4, -0.2) is 44.8 Å². The van der Waals surface area contributed by atoms with Crippen LogP contribution in [0.2, 0.25) is 0 Å². The molecule has 0 aliphatic rings. The minimum absolute atomic E-state index is 0.824. The number of carbonyl (C=O) groups is 5. The van der Waals surface area contributed by atoms with Gasteiger partial charge in [0.05, 0.1) is 0 Å². The van der Waals surface area contributed by atoms with Gasteiger partial charge >= 0.3 is 11.9 Å². The first kappa shape index (κ1) is 19.3. The lowest BCUT2D eigenvalue weighted by Crippen LogP contribution is -2.05. The molecule has 0 saturated carbocycles. The maximum Gasteiger partial charge on any atom is 0.371 e. The molecule has 0 aromatic heterocycles. The molecule has 0 radical (unpaired) electrons. The van der Waals surface area contributed by atoms with E-state index in [2.05, 4.69) is 0 Å². The number of Topliss-reactive ketones (excluding diaryl/α,β-unsaturated/α-hetero) is 2. The highest BCUT2D eigenvalue weighted by Crippen LogP contribution is 1.62. The van der Waals surface area contributed by atoms with Crippen LogP contribution in [0.3, 0.4) is 0 Å². The van der Waals surface area contributed by atoms with Crippen LogP contribution >= 0.6 is 0 Å². The van der Waals surface area contributed by atoms with Gasteiger partial charge in [-0.3, -0.25) is 14.4 Å². The Bertz CT molecular complexity index is 238. The van der Waals surface area contributed by atoms with Gasteiger partial charge in [-0.15, -0.1) is 0 Å². The lowest BCUT2D eigenvalue weighted by atomic mass is 10.5. The fourth-order valence-corrected chi connectivity index (χ4v) is 0. The van der Waals surface area contributed by atoms with Crippen LogP contribution in [-0.2, 0) is 24.0 Å². The van der Waals surface area contributed by atoms with Crippen LogP contribution in [0.4, 0.5) is 0 Å². The van der Waals surface area contributed by atoms with Crippen molar-refractivity contribution in [3.8, 4) is 0 Å². The molecule has 3 N–H and O–H groups in total. The highest BCUT2D eigenvalue weighted by Gasteiger charge is 1.99. The van der Waals surface area contributed by atoms with Crippen LogP contribution in [0.25, 0.3) is 0 Å². The SMILES string of the molecule is CC(=O)C(=O)O.CC(=O)C(=O)O.CC(=O)O. The second kappa shape index (κ2) is 10.8. The van der Waals surface area contributed by atoms with E-state index in [1.807, 2.05) is 0 Å². The van der Waals surface area contributed by atoms with Crippen molar-refractivity contribution in [2.45, 2.75) is 20.8 Å². The van der Waals surface area contributed by atoms with Gasteiger partial charge in [0.1, 0.15) is 0 Å². The summed E-state index contributed by atoms with van der Waals surface area (Å²) in [4.78, 5) is 46.8. The predicted molar refractivity (Wildman–Crippen MR) is 49.9 cm³/mol. The molecule has 0 heterocycles. The molecular formula is C8H12O8. The van der Waals surface area contributed by atoms with E-state index in [4.69, 9.17) is 20.1 Å². The molecule has 0 rings (SSSR count). The number of carboxylic acids is 3. The summed E-state index contributed by atoms with van der Waals surface area (Å²) >= 11 is 0. The smallest absolute Gasteiger partial charge is 0.371 e. The largest absolute Gasteiger partial charge is 0.481 e. The summed E-state index contributed by atoms with van der Waals surface area (Å²) in [6, 6.07) is 0. The van der Waals surface area contributed by atoms with Crippen molar-refractivity contribution < 1.29 is 39.3 Å². The van der Waals surface area contributed by atoms with Crippen molar-refractivity contribution in [1.82, 2.24) is 0 Å². The number of carboxylic acid groups (broad SMARTS) is 3. The van der Waals surface area contributed by atoms with E-state index < -0.39 is 29.5 Å². The van der Waals surface area contributed by atoms with Crippen molar-refractivity contribution in [3.05, 3.63) is 0 Å². The number of hydrogen-bond donors (Lipinski definition) is 3. The van der Waals surface area contributed by atoms with Gasteiger partial charge in [-0.25, -0.2) is 9.59 Å². The van der Waals surface area contributed by atoms with Crippen molar-refractivity contribution in [3.63, 3.8) is 0 Å². The Balaban J connectivity index is -0.000000162. The van der Waals surface area contributed by atoms with E-state index in [0.29, 0.717) is 0 Å². The third kappa shape index (κ3) is 41.1. The van der Waals surface area contributed by atoms with Crippen molar-refractivity contribution in [2.24, 2.45) is 0 Å². The van der Waals surface area contributed by atoms with E-state index in [-0.39, 0.29) is 0 Å². The lowest BCUT2D eigenvalue weighted by Gasteiger charge is -1.73. The molecule has 0 atom stereocenters. The number of aliphatic carboxylic acids is 3. The highest BCUT2D eigenvalue weighted by atomic mass is 16.4. The third-order valence-corrected chi connectivity index (χ3v) is 0.602. The quantitative estimate of drug-likeness (QED) is 0.539. The van der Waals surface area contributed by atoms with Crippen LogP contribution in [0.5, 0.6) is 0 Å². The molecular weight excluding hydrogens is 224 g/mol. The lowest BCUT2D eigenvalue weighted by molar-refractivity contribution is -0.148. The second-order valence-corrected chi connectivity index (χ2v) is 2.24. The molecule has 8 heteroatoms. The molecule has 16 heavy (non-hydrogen) atoms. The molecule has 0 unspecified atom stereocenters. The Labute approximate surface area is 90.5 Å². The first-order valence-corrected chi connectivity index (χ1v) is 3.69. The van der Waals surface area contributed by atoms with Crippen LogP contribution in [0.1, 0.15) is 20.8 Å². The normalized spacial score (nSPS) is 7.19. The molecule has 0 bridgehead atoms. The summed E-state index contributed by atoms with van der Waals surface area (Å²) in [6.07, 6.45) is 0. The molecule has 0 spiro atoms. The topological polar surface area (TPSA) is 146 Å². The third-order valence-electron chi connectivity index (χ3n) is 0.602. The minimum Gasteiger partial charge on any atom is -0.481 e. The molecule has 0 saturated heterocycles.